The van der Waals surface area contributed by atoms with Gasteiger partial charge in [-0.25, -0.2) is 0 Å². The van der Waals surface area contributed by atoms with E-state index in [4.69, 9.17) is 0 Å². The molecule has 0 unspecified atom stereocenters. The first-order valence-electron chi connectivity index (χ1n) is 7.38. The van der Waals surface area contributed by atoms with Gasteiger partial charge in [0.25, 0.3) is 0 Å². The van der Waals surface area contributed by atoms with E-state index in [0.29, 0.717) is 5.71 Å². The molecule has 1 aromatic rings. The summed E-state index contributed by atoms with van der Waals surface area (Å²) in [6.07, 6.45) is 6.31. The van der Waals surface area contributed by atoms with Gasteiger partial charge in [0.05, 0.1) is 5.71 Å². The summed E-state index contributed by atoms with van der Waals surface area (Å²) in [7, 11) is 0. The van der Waals surface area contributed by atoms with E-state index in [2.05, 4.69) is 41.4 Å². The lowest BCUT2D eigenvalue weighted by molar-refractivity contribution is 0.789. The minimum atomic E-state index is 0.457. The lowest BCUT2D eigenvalue weighted by atomic mass is 9.93. The van der Waals surface area contributed by atoms with Gasteiger partial charge in [0, 0.05) is 5.57 Å². The lowest BCUT2D eigenvalue weighted by Crippen LogP contribution is -2.05. The van der Waals surface area contributed by atoms with Crippen molar-refractivity contribution in [1.82, 2.24) is 0 Å². The number of hydrogen-bond acceptors (Lipinski definition) is 3. The predicted octanol–water partition coefficient (Wildman–Crippen LogP) is 3.99. The molecular formula is C18H17N3. The van der Waals surface area contributed by atoms with Crippen molar-refractivity contribution in [2.75, 3.05) is 0 Å². The fourth-order valence-electron chi connectivity index (χ4n) is 2.81. The highest BCUT2D eigenvalue weighted by Gasteiger charge is 2.29. The standard InChI is InChI=1S/C18H17N3/c1-2-3-9-14-11-16-18(17(12-19)21-20-16)15(14)10-13-7-5-4-6-8-13/h4-8,11H,2-3,9-10H2,1H3. The first kappa shape index (κ1) is 13.5. The molecule has 3 nitrogen and oxygen atoms in total. The van der Waals surface area contributed by atoms with E-state index in [-0.39, 0.29) is 0 Å². The zero-order chi connectivity index (χ0) is 14.7. The minimum Gasteiger partial charge on any atom is -0.191 e. The molecule has 0 saturated heterocycles. The predicted molar refractivity (Wildman–Crippen MR) is 85.3 cm³/mol. The van der Waals surface area contributed by atoms with E-state index in [1.807, 2.05) is 18.2 Å². The molecule has 1 aliphatic carbocycles. The van der Waals surface area contributed by atoms with Crippen molar-refractivity contribution in [3.05, 3.63) is 58.7 Å². The molecule has 0 aromatic heterocycles. The number of hydrogen-bond donors (Lipinski definition) is 0. The number of nitriles is 1. The minimum absolute atomic E-state index is 0.457. The Balaban J connectivity index is 1.96. The molecule has 0 saturated carbocycles. The fraction of sp³-hybridized carbons (Fsp3) is 0.278. The Labute approximate surface area is 125 Å². The van der Waals surface area contributed by atoms with E-state index in [0.717, 1.165) is 37.0 Å². The summed E-state index contributed by atoms with van der Waals surface area (Å²) in [6.45, 7) is 2.19. The topological polar surface area (TPSA) is 48.5 Å². The van der Waals surface area contributed by atoms with Crippen molar-refractivity contribution in [3.8, 4) is 6.07 Å². The molecule has 21 heavy (non-hydrogen) atoms. The molecule has 3 rings (SSSR count). The lowest BCUT2D eigenvalue weighted by Gasteiger charge is -2.10. The number of allylic oxidation sites excluding steroid dienone is 4. The largest absolute Gasteiger partial charge is 0.191 e. The summed E-state index contributed by atoms with van der Waals surface area (Å²) in [4.78, 5) is 0. The molecule has 104 valence electrons. The van der Waals surface area contributed by atoms with Crippen molar-refractivity contribution in [2.24, 2.45) is 10.2 Å². The maximum Gasteiger partial charge on any atom is 0.172 e. The molecular weight excluding hydrogens is 258 g/mol. The second-order valence-electron chi connectivity index (χ2n) is 5.33. The van der Waals surface area contributed by atoms with Gasteiger partial charge >= 0.3 is 0 Å². The Morgan fingerprint density at radius 3 is 2.67 bits per heavy atom. The van der Waals surface area contributed by atoms with Crippen LogP contribution < -0.4 is 0 Å². The molecule has 1 aromatic carbocycles. The molecule has 2 aliphatic rings. The number of fused-ring (bicyclic) bond motifs is 1. The van der Waals surface area contributed by atoms with Crippen LogP contribution in [0.15, 0.2) is 63.3 Å². The highest BCUT2D eigenvalue weighted by atomic mass is 15.2. The summed E-state index contributed by atoms with van der Waals surface area (Å²) in [5.74, 6) is 0. The first-order chi connectivity index (χ1) is 10.3. The molecule has 0 N–H and O–H groups in total. The number of rotatable bonds is 5. The first-order valence-corrected chi connectivity index (χ1v) is 7.38. The summed E-state index contributed by atoms with van der Waals surface area (Å²) >= 11 is 0. The molecule has 0 amide bonds. The maximum atomic E-state index is 9.25. The molecule has 0 bridgehead atoms. The monoisotopic (exact) mass is 275 g/mol. The van der Waals surface area contributed by atoms with Crippen LogP contribution in [0.5, 0.6) is 0 Å². The van der Waals surface area contributed by atoms with Crippen molar-refractivity contribution < 1.29 is 0 Å². The second-order valence-corrected chi connectivity index (χ2v) is 5.33. The van der Waals surface area contributed by atoms with Gasteiger partial charge in [0.1, 0.15) is 6.07 Å². The van der Waals surface area contributed by atoms with Gasteiger partial charge in [-0.3, -0.25) is 0 Å². The third kappa shape index (κ3) is 2.57. The van der Waals surface area contributed by atoms with E-state index in [9.17, 15) is 5.26 Å². The number of unbranched alkanes of at least 4 members (excludes halogenated alkanes) is 1. The highest BCUT2D eigenvalue weighted by Crippen LogP contribution is 2.34. The van der Waals surface area contributed by atoms with Gasteiger partial charge in [-0.2, -0.15) is 5.26 Å². The quantitative estimate of drug-likeness (QED) is 0.801. The van der Waals surface area contributed by atoms with Gasteiger partial charge in [0.2, 0.25) is 0 Å². The van der Waals surface area contributed by atoms with Crippen molar-refractivity contribution in [2.45, 2.75) is 32.6 Å². The van der Waals surface area contributed by atoms with Crippen molar-refractivity contribution >= 4 is 11.4 Å². The average molecular weight is 275 g/mol. The average Bonchev–Trinajstić information content (AvgIpc) is 3.06. The smallest absolute Gasteiger partial charge is 0.172 e. The van der Waals surface area contributed by atoms with E-state index in [1.165, 1.54) is 16.7 Å². The van der Waals surface area contributed by atoms with Crippen LogP contribution in [0.3, 0.4) is 0 Å². The van der Waals surface area contributed by atoms with Gasteiger partial charge in [-0.15, -0.1) is 10.2 Å². The van der Waals surface area contributed by atoms with Crippen LogP contribution in [0.1, 0.15) is 31.7 Å². The fourth-order valence-corrected chi connectivity index (χ4v) is 2.81. The van der Waals surface area contributed by atoms with Gasteiger partial charge < -0.3 is 0 Å². The molecule has 0 fully saturated rings. The Hall–Kier alpha value is -2.47. The van der Waals surface area contributed by atoms with Crippen LogP contribution in [0.25, 0.3) is 0 Å². The Morgan fingerprint density at radius 2 is 1.95 bits per heavy atom. The summed E-state index contributed by atoms with van der Waals surface area (Å²) in [5, 5.41) is 17.4. The Kier molecular flexibility index (Phi) is 3.79. The van der Waals surface area contributed by atoms with Crippen molar-refractivity contribution in [3.63, 3.8) is 0 Å². The second kappa shape index (κ2) is 5.88. The highest BCUT2D eigenvalue weighted by molar-refractivity contribution is 6.37. The molecule has 1 heterocycles. The van der Waals surface area contributed by atoms with Crippen LogP contribution in [0, 0.1) is 11.3 Å². The molecule has 0 spiro atoms. The van der Waals surface area contributed by atoms with Crippen molar-refractivity contribution in [1.29, 1.82) is 5.26 Å². The summed E-state index contributed by atoms with van der Waals surface area (Å²) < 4.78 is 0. The molecule has 0 radical (unpaired) electrons. The SMILES string of the molecule is CCCCC1=CC2=NN=C(C#N)C2=C1Cc1ccccc1. The molecule has 0 atom stereocenters. The van der Waals surface area contributed by atoms with Gasteiger partial charge in [0.15, 0.2) is 5.71 Å². The van der Waals surface area contributed by atoms with Crippen LogP contribution in [0.2, 0.25) is 0 Å². The van der Waals surface area contributed by atoms with Crippen LogP contribution in [-0.2, 0) is 6.42 Å². The summed E-state index contributed by atoms with van der Waals surface area (Å²) in [5.41, 5.74) is 6.07. The zero-order valence-electron chi connectivity index (χ0n) is 12.1. The van der Waals surface area contributed by atoms with Gasteiger partial charge in [-0.05, 0) is 42.0 Å². The van der Waals surface area contributed by atoms with E-state index in [1.54, 1.807) is 0 Å². The third-order valence-electron chi connectivity index (χ3n) is 3.88. The summed E-state index contributed by atoms with van der Waals surface area (Å²) in [6, 6.07) is 12.5. The Bertz CT molecular complexity index is 713. The van der Waals surface area contributed by atoms with Crippen LogP contribution >= 0.6 is 0 Å². The van der Waals surface area contributed by atoms with Crippen LogP contribution in [-0.4, -0.2) is 11.4 Å². The van der Waals surface area contributed by atoms with Crippen LogP contribution in [0.4, 0.5) is 0 Å². The zero-order valence-corrected chi connectivity index (χ0v) is 12.1. The molecule has 1 aliphatic heterocycles. The maximum absolute atomic E-state index is 9.25. The third-order valence-corrected chi connectivity index (χ3v) is 3.88. The normalized spacial score (nSPS) is 16.3. The number of nitrogens with zero attached hydrogens (tertiary/aromatic N) is 3. The van der Waals surface area contributed by atoms with E-state index >= 15 is 0 Å². The number of benzene rings is 1. The Morgan fingerprint density at radius 1 is 1.14 bits per heavy atom. The van der Waals surface area contributed by atoms with E-state index < -0.39 is 0 Å². The van der Waals surface area contributed by atoms with Gasteiger partial charge in [-0.1, -0.05) is 43.7 Å². The molecule has 3 heteroatoms.